The maximum Gasteiger partial charge on any atom is 0.258 e. The number of hydrogen-bond acceptors (Lipinski definition) is 3. The van der Waals surface area contributed by atoms with Crippen molar-refractivity contribution in [2.24, 2.45) is 0 Å². The third-order valence-electron chi connectivity index (χ3n) is 1.99. The predicted octanol–water partition coefficient (Wildman–Crippen LogP) is 2.52. The normalized spacial score (nSPS) is 10.0. The van der Waals surface area contributed by atoms with Crippen molar-refractivity contribution in [1.29, 1.82) is 0 Å². The zero-order chi connectivity index (χ0) is 12.3. The van der Waals surface area contributed by atoms with Crippen LogP contribution in [0.2, 0.25) is 5.15 Å². The molecule has 0 aliphatic heterocycles. The van der Waals surface area contributed by atoms with E-state index in [2.05, 4.69) is 15.3 Å². The summed E-state index contributed by atoms with van der Waals surface area (Å²) in [6.07, 6.45) is 4.01. The van der Waals surface area contributed by atoms with Crippen LogP contribution in [0.5, 0.6) is 0 Å². The summed E-state index contributed by atoms with van der Waals surface area (Å²) in [4.78, 5) is 19.1. The maximum atomic E-state index is 12.9. The van der Waals surface area contributed by atoms with Gasteiger partial charge in [0, 0.05) is 18.1 Å². The van der Waals surface area contributed by atoms with Crippen molar-refractivity contribution in [2.75, 3.05) is 5.32 Å². The Bertz CT molecular complexity index is 548. The van der Waals surface area contributed by atoms with Gasteiger partial charge in [-0.05, 0) is 18.2 Å². The van der Waals surface area contributed by atoms with Gasteiger partial charge < -0.3 is 5.32 Å². The average Bonchev–Trinajstić information content (AvgIpc) is 2.33. The first kappa shape index (κ1) is 11.5. The lowest BCUT2D eigenvalue weighted by Crippen LogP contribution is -2.13. The molecule has 0 saturated heterocycles. The van der Waals surface area contributed by atoms with Gasteiger partial charge in [0.1, 0.15) is 11.0 Å². The molecule has 0 aromatic carbocycles. The molecule has 0 fully saturated rings. The molecule has 2 heterocycles. The van der Waals surface area contributed by atoms with Crippen LogP contribution in [0, 0.1) is 5.82 Å². The molecular formula is C11H7ClFN3O. The van der Waals surface area contributed by atoms with Crippen LogP contribution in [0.25, 0.3) is 0 Å². The van der Waals surface area contributed by atoms with E-state index in [1.54, 1.807) is 12.1 Å². The third-order valence-corrected chi connectivity index (χ3v) is 2.29. The second-order valence-corrected chi connectivity index (χ2v) is 3.54. The van der Waals surface area contributed by atoms with Crippen molar-refractivity contribution < 1.29 is 9.18 Å². The summed E-state index contributed by atoms with van der Waals surface area (Å²) in [5, 5.41) is 2.51. The van der Waals surface area contributed by atoms with Crippen molar-refractivity contribution in [3.8, 4) is 0 Å². The minimum atomic E-state index is -0.616. The van der Waals surface area contributed by atoms with Gasteiger partial charge in [-0.15, -0.1) is 0 Å². The Kier molecular flexibility index (Phi) is 3.30. The van der Waals surface area contributed by atoms with Crippen LogP contribution in [0.15, 0.2) is 36.8 Å². The number of nitrogens with zero attached hydrogens (tertiary/aromatic N) is 2. The Morgan fingerprint density at radius 1 is 1.35 bits per heavy atom. The first-order chi connectivity index (χ1) is 8.16. The van der Waals surface area contributed by atoms with Crippen LogP contribution in [0.3, 0.4) is 0 Å². The number of aromatic nitrogens is 2. The molecule has 0 unspecified atom stereocenters. The average molecular weight is 252 g/mol. The van der Waals surface area contributed by atoms with Gasteiger partial charge in [-0.3, -0.25) is 9.78 Å². The molecule has 4 nitrogen and oxygen atoms in total. The monoisotopic (exact) mass is 251 g/mol. The first-order valence-corrected chi connectivity index (χ1v) is 5.07. The SMILES string of the molecule is O=C(Nc1ccncc1)c1cc(F)cnc1Cl. The molecule has 1 N–H and O–H groups in total. The second-order valence-electron chi connectivity index (χ2n) is 3.18. The highest BCUT2D eigenvalue weighted by Gasteiger charge is 2.12. The zero-order valence-electron chi connectivity index (χ0n) is 8.52. The smallest absolute Gasteiger partial charge is 0.258 e. The predicted molar refractivity (Wildman–Crippen MR) is 61.4 cm³/mol. The number of halogens is 2. The maximum absolute atomic E-state index is 12.9. The number of amides is 1. The Balaban J connectivity index is 2.23. The molecule has 0 saturated carbocycles. The lowest BCUT2D eigenvalue weighted by atomic mass is 10.2. The van der Waals surface area contributed by atoms with Crippen molar-refractivity contribution in [2.45, 2.75) is 0 Å². The Morgan fingerprint density at radius 3 is 2.76 bits per heavy atom. The molecule has 2 rings (SSSR count). The summed E-state index contributed by atoms with van der Waals surface area (Å²) in [5.41, 5.74) is 0.536. The zero-order valence-corrected chi connectivity index (χ0v) is 9.28. The standard InChI is InChI=1S/C11H7ClFN3O/c12-10-9(5-7(13)6-15-10)11(17)16-8-1-3-14-4-2-8/h1-6H,(H,14,16,17). The highest BCUT2D eigenvalue weighted by atomic mass is 35.5. The number of nitrogens with one attached hydrogen (secondary N) is 1. The van der Waals surface area contributed by atoms with Gasteiger partial charge in [0.05, 0.1) is 11.8 Å². The van der Waals surface area contributed by atoms with Crippen LogP contribution < -0.4 is 5.32 Å². The molecule has 0 aliphatic carbocycles. The first-order valence-electron chi connectivity index (χ1n) is 4.69. The van der Waals surface area contributed by atoms with Crippen LogP contribution >= 0.6 is 11.6 Å². The molecule has 0 spiro atoms. The fourth-order valence-electron chi connectivity index (χ4n) is 1.22. The number of pyridine rings is 2. The molecule has 2 aromatic heterocycles. The highest BCUT2D eigenvalue weighted by molar-refractivity contribution is 6.33. The molecule has 6 heteroatoms. The largest absolute Gasteiger partial charge is 0.322 e. The Morgan fingerprint density at radius 2 is 2.06 bits per heavy atom. The molecule has 0 bridgehead atoms. The van der Waals surface area contributed by atoms with Gasteiger partial charge in [-0.2, -0.15) is 0 Å². The van der Waals surface area contributed by atoms with Gasteiger partial charge in [0.15, 0.2) is 0 Å². The Hall–Kier alpha value is -2.01. The summed E-state index contributed by atoms with van der Waals surface area (Å²) in [6, 6.07) is 4.25. The van der Waals surface area contributed by atoms with Crippen LogP contribution in [-0.2, 0) is 0 Å². The van der Waals surface area contributed by atoms with Gasteiger partial charge in [0.25, 0.3) is 5.91 Å². The van der Waals surface area contributed by atoms with E-state index in [4.69, 9.17) is 11.6 Å². The quantitative estimate of drug-likeness (QED) is 0.835. The minimum Gasteiger partial charge on any atom is -0.322 e. The number of carbonyl (C=O) groups is 1. The van der Waals surface area contributed by atoms with Crippen LogP contribution in [-0.4, -0.2) is 15.9 Å². The van der Waals surface area contributed by atoms with E-state index in [9.17, 15) is 9.18 Å². The van der Waals surface area contributed by atoms with E-state index in [0.29, 0.717) is 5.69 Å². The lowest BCUT2D eigenvalue weighted by Gasteiger charge is -2.05. The van der Waals surface area contributed by atoms with E-state index < -0.39 is 11.7 Å². The fourth-order valence-corrected chi connectivity index (χ4v) is 1.40. The lowest BCUT2D eigenvalue weighted by molar-refractivity contribution is 0.102. The summed E-state index contributed by atoms with van der Waals surface area (Å²) in [6.45, 7) is 0. The molecule has 86 valence electrons. The van der Waals surface area contributed by atoms with Crippen molar-refractivity contribution in [1.82, 2.24) is 9.97 Å². The summed E-state index contributed by atoms with van der Waals surface area (Å²) < 4.78 is 12.9. The highest BCUT2D eigenvalue weighted by Crippen LogP contribution is 2.15. The number of hydrogen-bond donors (Lipinski definition) is 1. The van der Waals surface area contributed by atoms with Gasteiger partial charge in [0.2, 0.25) is 0 Å². The van der Waals surface area contributed by atoms with Crippen LogP contribution in [0.4, 0.5) is 10.1 Å². The van der Waals surface area contributed by atoms with Crippen molar-refractivity contribution in [3.63, 3.8) is 0 Å². The van der Waals surface area contributed by atoms with Crippen molar-refractivity contribution in [3.05, 3.63) is 53.3 Å². The topological polar surface area (TPSA) is 54.9 Å². The van der Waals surface area contributed by atoms with Gasteiger partial charge in [-0.25, -0.2) is 9.37 Å². The van der Waals surface area contributed by atoms with E-state index in [-0.39, 0.29) is 10.7 Å². The molecule has 0 radical (unpaired) electrons. The van der Waals surface area contributed by atoms with Gasteiger partial charge >= 0.3 is 0 Å². The molecule has 17 heavy (non-hydrogen) atoms. The van der Waals surface area contributed by atoms with E-state index >= 15 is 0 Å². The molecular weight excluding hydrogens is 245 g/mol. The summed E-state index contributed by atoms with van der Waals surface area (Å²) in [5.74, 6) is -1.14. The van der Waals surface area contributed by atoms with E-state index in [0.717, 1.165) is 12.3 Å². The third kappa shape index (κ3) is 2.76. The molecule has 0 aliphatic rings. The Labute approximate surface area is 101 Å². The summed E-state index contributed by atoms with van der Waals surface area (Å²) >= 11 is 5.71. The number of rotatable bonds is 2. The molecule has 2 aromatic rings. The molecule has 0 atom stereocenters. The minimum absolute atomic E-state index is 0.0107. The van der Waals surface area contributed by atoms with Gasteiger partial charge in [-0.1, -0.05) is 11.6 Å². The van der Waals surface area contributed by atoms with E-state index in [1.165, 1.54) is 12.4 Å². The van der Waals surface area contributed by atoms with Crippen molar-refractivity contribution >= 4 is 23.2 Å². The molecule has 1 amide bonds. The number of anilines is 1. The summed E-state index contributed by atoms with van der Waals surface area (Å²) in [7, 11) is 0. The number of carbonyl (C=O) groups excluding carboxylic acids is 1. The van der Waals surface area contributed by atoms with Crippen LogP contribution in [0.1, 0.15) is 10.4 Å². The fraction of sp³-hybridized carbons (Fsp3) is 0. The second kappa shape index (κ2) is 4.88. The van der Waals surface area contributed by atoms with E-state index in [1.807, 2.05) is 0 Å².